The molecule has 21 heavy (non-hydrogen) atoms. The molecule has 0 radical (unpaired) electrons. The van der Waals surface area contributed by atoms with Gasteiger partial charge in [-0.15, -0.1) is 0 Å². The zero-order chi connectivity index (χ0) is 15.4. The molecule has 4 atom stereocenters. The standard InChI is InChI=1S/C16H23F2NOS/c1-3-21(20)14-6-4-5-13(10-14)19-11(2)12-7-8-15(17)16(18)9-12/h7-9,11,13-14,19H,3-6,10H2,1-2H3/t11-,13+,14-,21-/m1/s1. The largest absolute Gasteiger partial charge is 0.307 e. The molecular formula is C16H23F2NOS. The van der Waals surface area contributed by atoms with Crippen molar-refractivity contribution >= 4 is 10.8 Å². The summed E-state index contributed by atoms with van der Waals surface area (Å²) in [7, 11) is -0.750. The Balaban J connectivity index is 1.96. The van der Waals surface area contributed by atoms with Crippen LogP contribution in [0.5, 0.6) is 0 Å². The van der Waals surface area contributed by atoms with Crippen molar-refractivity contribution in [2.24, 2.45) is 0 Å². The van der Waals surface area contributed by atoms with Gasteiger partial charge in [0.15, 0.2) is 11.6 Å². The highest BCUT2D eigenvalue weighted by Gasteiger charge is 2.26. The Kier molecular flexibility index (Phi) is 5.88. The van der Waals surface area contributed by atoms with Crippen molar-refractivity contribution in [1.29, 1.82) is 0 Å². The molecule has 2 nitrogen and oxygen atoms in total. The van der Waals surface area contributed by atoms with Crippen molar-refractivity contribution < 1.29 is 13.0 Å². The highest BCUT2D eigenvalue weighted by Crippen LogP contribution is 2.25. The van der Waals surface area contributed by atoms with E-state index in [2.05, 4.69) is 5.32 Å². The van der Waals surface area contributed by atoms with Gasteiger partial charge in [0.05, 0.1) is 0 Å². The summed E-state index contributed by atoms with van der Waals surface area (Å²) in [6, 6.07) is 4.28. The first-order valence-electron chi connectivity index (χ1n) is 7.59. The molecule has 1 saturated carbocycles. The van der Waals surface area contributed by atoms with E-state index in [1.54, 1.807) is 6.07 Å². The summed E-state index contributed by atoms with van der Waals surface area (Å²) in [6.45, 7) is 3.91. The Morgan fingerprint density at radius 3 is 2.76 bits per heavy atom. The Morgan fingerprint density at radius 1 is 1.33 bits per heavy atom. The molecular weight excluding hydrogens is 292 g/mol. The molecule has 0 aromatic heterocycles. The van der Waals surface area contributed by atoms with Crippen LogP contribution in [0.1, 0.15) is 51.1 Å². The molecule has 1 N–H and O–H groups in total. The van der Waals surface area contributed by atoms with Gasteiger partial charge < -0.3 is 5.32 Å². The van der Waals surface area contributed by atoms with E-state index in [4.69, 9.17) is 0 Å². The first-order valence-corrected chi connectivity index (χ1v) is 8.97. The lowest BCUT2D eigenvalue weighted by atomic mass is 9.93. The zero-order valence-corrected chi connectivity index (χ0v) is 13.4. The molecule has 0 spiro atoms. The maximum atomic E-state index is 13.3. The summed E-state index contributed by atoms with van der Waals surface area (Å²) < 4.78 is 38.2. The van der Waals surface area contributed by atoms with Crippen LogP contribution in [0.15, 0.2) is 18.2 Å². The molecule has 2 rings (SSSR count). The van der Waals surface area contributed by atoms with Crippen LogP contribution in [0.3, 0.4) is 0 Å². The van der Waals surface area contributed by atoms with Gasteiger partial charge in [-0.3, -0.25) is 4.21 Å². The summed E-state index contributed by atoms with van der Waals surface area (Å²) in [6.07, 6.45) is 4.04. The van der Waals surface area contributed by atoms with Crippen molar-refractivity contribution in [3.63, 3.8) is 0 Å². The molecule has 1 aliphatic carbocycles. The second-order valence-electron chi connectivity index (χ2n) is 5.72. The minimum Gasteiger partial charge on any atom is -0.307 e. The molecule has 1 aromatic carbocycles. The number of halogens is 2. The zero-order valence-electron chi connectivity index (χ0n) is 12.6. The van der Waals surface area contributed by atoms with Gasteiger partial charge in [-0.1, -0.05) is 19.4 Å². The summed E-state index contributed by atoms with van der Waals surface area (Å²) in [5.41, 5.74) is 0.743. The molecule has 118 valence electrons. The third kappa shape index (κ3) is 4.33. The minimum atomic E-state index is -0.818. The Bertz CT molecular complexity index is 509. The predicted molar refractivity (Wildman–Crippen MR) is 82.6 cm³/mol. The van der Waals surface area contributed by atoms with Gasteiger partial charge in [-0.2, -0.15) is 0 Å². The van der Waals surface area contributed by atoms with E-state index < -0.39 is 22.4 Å². The highest BCUT2D eigenvalue weighted by molar-refractivity contribution is 7.85. The van der Waals surface area contributed by atoms with E-state index in [0.29, 0.717) is 11.8 Å². The number of rotatable bonds is 5. The molecule has 0 saturated heterocycles. The predicted octanol–water partition coefficient (Wildman–Crippen LogP) is 3.70. The van der Waals surface area contributed by atoms with Gasteiger partial charge >= 0.3 is 0 Å². The van der Waals surface area contributed by atoms with E-state index in [1.165, 1.54) is 12.1 Å². The smallest absolute Gasteiger partial charge is 0.159 e. The lowest BCUT2D eigenvalue weighted by Gasteiger charge is -2.31. The maximum absolute atomic E-state index is 13.3. The SMILES string of the molecule is CC[S@@](=O)[C@@H]1CCC[C@H](N[C@H](C)c2ccc(F)c(F)c2)C1. The van der Waals surface area contributed by atoms with Crippen molar-refractivity contribution in [3.8, 4) is 0 Å². The Hall–Kier alpha value is -0.810. The van der Waals surface area contributed by atoms with Gasteiger partial charge in [0.25, 0.3) is 0 Å². The third-order valence-corrected chi connectivity index (χ3v) is 5.95. The first-order chi connectivity index (χ1) is 10.0. The van der Waals surface area contributed by atoms with Crippen LogP contribution in [0.4, 0.5) is 8.78 Å². The summed E-state index contributed by atoms with van der Waals surface area (Å²) in [5, 5.41) is 3.73. The first kappa shape index (κ1) is 16.6. The van der Waals surface area contributed by atoms with E-state index >= 15 is 0 Å². The second kappa shape index (κ2) is 7.45. The van der Waals surface area contributed by atoms with Crippen LogP contribution in [-0.2, 0) is 10.8 Å². The van der Waals surface area contributed by atoms with Crippen molar-refractivity contribution in [2.75, 3.05) is 5.75 Å². The average molecular weight is 315 g/mol. The summed E-state index contributed by atoms with van der Waals surface area (Å²) >= 11 is 0. The van der Waals surface area contributed by atoms with E-state index in [9.17, 15) is 13.0 Å². The van der Waals surface area contributed by atoms with E-state index in [1.807, 2.05) is 13.8 Å². The van der Waals surface area contributed by atoms with Gasteiger partial charge in [0.1, 0.15) is 0 Å². The third-order valence-electron chi connectivity index (χ3n) is 4.21. The van der Waals surface area contributed by atoms with Gasteiger partial charge in [-0.25, -0.2) is 8.78 Å². The molecule has 0 amide bonds. The van der Waals surface area contributed by atoms with Crippen molar-refractivity contribution in [3.05, 3.63) is 35.4 Å². The lowest BCUT2D eigenvalue weighted by molar-refractivity contribution is 0.349. The lowest BCUT2D eigenvalue weighted by Crippen LogP contribution is -2.39. The van der Waals surface area contributed by atoms with Crippen LogP contribution >= 0.6 is 0 Å². The van der Waals surface area contributed by atoms with E-state index in [-0.39, 0.29) is 11.3 Å². The molecule has 0 bridgehead atoms. The van der Waals surface area contributed by atoms with Crippen LogP contribution in [0, 0.1) is 11.6 Å². The van der Waals surface area contributed by atoms with Gasteiger partial charge in [0.2, 0.25) is 0 Å². The maximum Gasteiger partial charge on any atom is 0.159 e. The van der Waals surface area contributed by atoms with Crippen LogP contribution < -0.4 is 5.32 Å². The van der Waals surface area contributed by atoms with E-state index in [0.717, 1.165) is 31.2 Å². The van der Waals surface area contributed by atoms with Gasteiger partial charge in [-0.05, 0) is 43.9 Å². The summed E-state index contributed by atoms with van der Waals surface area (Å²) in [5.74, 6) is -0.924. The van der Waals surface area contributed by atoms with Crippen LogP contribution in [0.2, 0.25) is 0 Å². The topological polar surface area (TPSA) is 29.1 Å². The monoisotopic (exact) mass is 315 g/mol. The van der Waals surface area contributed by atoms with Crippen molar-refractivity contribution in [1.82, 2.24) is 5.32 Å². The minimum absolute atomic E-state index is 0.0427. The summed E-state index contributed by atoms with van der Waals surface area (Å²) in [4.78, 5) is 0. The average Bonchev–Trinajstić information content (AvgIpc) is 2.49. The molecule has 0 aliphatic heterocycles. The second-order valence-corrected chi connectivity index (χ2v) is 7.72. The number of hydrogen-bond acceptors (Lipinski definition) is 2. The molecule has 0 unspecified atom stereocenters. The fourth-order valence-corrected chi connectivity index (χ4v) is 4.35. The normalized spacial score (nSPS) is 25.5. The number of nitrogens with one attached hydrogen (secondary N) is 1. The quantitative estimate of drug-likeness (QED) is 0.898. The fraction of sp³-hybridized carbons (Fsp3) is 0.625. The molecule has 0 heterocycles. The molecule has 1 aliphatic rings. The number of hydrogen-bond donors (Lipinski definition) is 1. The Labute approximate surface area is 127 Å². The molecule has 1 aromatic rings. The van der Waals surface area contributed by atoms with Crippen molar-refractivity contribution in [2.45, 2.75) is 56.9 Å². The molecule has 5 heteroatoms. The van der Waals surface area contributed by atoms with Crippen LogP contribution in [0.25, 0.3) is 0 Å². The fourth-order valence-electron chi connectivity index (χ4n) is 3.00. The number of benzene rings is 1. The molecule has 1 fully saturated rings. The Morgan fingerprint density at radius 2 is 2.10 bits per heavy atom. The van der Waals surface area contributed by atoms with Crippen LogP contribution in [-0.4, -0.2) is 21.3 Å². The highest BCUT2D eigenvalue weighted by atomic mass is 32.2. The van der Waals surface area contributed by atoms with Gasteiger partial charge in [0, 0.05) is 33.9 Å².